The molecule has 2 amide bonds. The minimum absolute atomic E-state index is 0.0224. The number of sulfonamides is 1. The second-order valence-electron chi connectivity index (χ2n) is 13.3. The molecule has 0 aliphatic carbocycles. The summed E-state index contributed by atoms with van der Waals surface area (Å²) < 4.78 is 35.8. The number of aromatic nitrogens is 4. The highest BCUT2D eigenvalue weighted by molar-refractivity contribution is 7.90. The van der Waals surface area contributed by atoms with Gasteiger partial charge in [-0.15, -0.1) is 0 Å². The number of carbonyl (C=O) groups excluding carboxylic acids is 3. The second kappa shape index (κ2) is 15.2. The Kier molecular flexibility index (Phi) is 10.9. The predicted octanol–water partition coefficient (Wildman–Crippen LogP) is 6.06. The Labute approximate surface area is 302 Å². The van der Waals surface area contributed by atoms with E-state index in [0.29, 0.717) is 28.3 Å². The minimum Gasteiger partial charge on any atom is -0.456 e. The molecule has 5 rings (SSSR count). The van der Waals surface area contributed by atoms with Gasteiger partial charge in [0.1, 0.15) is 11.4 Å². The SMILES string of the molecule is Cc1ccc(Nc2nccc(N(C)c3ccc4c(C)n(C)nc4c3)n2)cc1S(=O)(=O)NC(=O)CCCC(=O)Nc1ccc(C(=O)OC(C)(C)C)cc1. The largest absolute Gasteiger partial charge is 0.456 e. The summed E-state index contributed by atoms with van der Waals surface area (Å²) in [5.41, 5.74) is 3.82. The van der Waals surface area contributed by atoms with E-state index in [2.05, 4.69) is 30.4 Å². The van der Waals surface area contributed by atoms with E-state index in [1.807, 2.05) is 48.8 Å². The van der Waals surface area contributed by atoms with Crippen LogP contribution in [0.1, 0.15) is 61.6 Å². The van der Waals surface area contributed by atoms with Crippen LogP contribution in [0.2, 0.25) is 0 Å². The van der Waals surface area contributed by atoms with Gasteiger partial charge in [-0.25, -0.2) is 22.9 Å². The summed E-state index contributed by atoms with van der Waals surface area (Å²) in [4.78, 5) is 48.0. The molecule has 0 aliphatic heterocycles. The standard InChI is InChI=1S/C37H42N8O6S/c1-23-11-14-27(40-36-38-20-19-32(41-36)44(6)28-17-18-29-24(2)45(7)42-30(29)22-28)21-31(23)52(49,50)43-34(47)10-8-9-33(46)39-26-15-12-25(13-16-26)35(48)51-37(3,4)5/h11-22H,8-10H2,1-7H3,(H,39,46)(H,43,47)(H,38,40,41). The second-order valence-corrected chi connectivity index (χ2v) is 15.0. The van der Waals surface area contributed by atoms with Crippen LogP contribution in [0.25, 0.3) is 10.9 Å². The van der Waals surface area contributed by atoms with Gasteiger partial charge in [0, 0.05) is 61.3 Å². The topological polar surface area (TPSA) is 178 Å². The highest BCUT2D eigenvalue weighted by atomic mass is 32.2. The molecule has 0 radical (unpaired) electrons. The van der Waals surface area contributed by atoms with Crippen molar-refractivity contribution in [3.05, 3.63) is 89.7 Å². The number of hydrogen-bond acceptors (Lipinski definition) is 11. The molecule has 0 spiro atoms. The van der Waals surface area contributed by atoms with E-state index in [9.17, 15) is 22.8 Å². The third kappa shape index (κ3) is 9.28. The number of rotatable bonds is 12. The Bertz CT molecular complexity index is 2240. The summed E-state index contributed by atoms with van der Waals surface area (Å²) in [7, 11) is -0.458. The lowest BCUT2D eigenvalue weighted by atomic mass is 10.1. The van der Waals surface area contributed by atoms with Crippen LogP contribution in [0.15, 0.2) is 77.8 Å². The van der Waals surface area contributed by atoms with Gasteiger partial charge in [0.05, 0.1) is 16.0 Å². The zero-order valence-electron chi connectivity index (χ0n) is 30.1. The van der Waals surface area contributed by atoms with Crippen molar-refractivity contribution in [3.8, 4) is 0 Å². The van der Waals surface area contributed by atoms with E-state index in [4.69, 9.17) is 4.74 Å². The van der Waals surface area contributed by atoms with E-state index >= 15 is 0 Å². The van der Waals surface area contributed by atoms with Crippen LogP contribution in [0.4, 0.5) is 28.8 Å². The summed E-state index contributed by atoms with van der Waals surface area (Å²) in [6.45, 7) is 8.96. The van der Waals surface area contributed by atoms with Crippen molar-refractivity contribution >= 4 is 67.5 Å². The Morgan fingerprint density at radius 1 is 0.904 bits per heavy atom. The molecule has 5 aromatic rings. The highest BCUT2D eigenvalue weighted by Crippen LogP contribution is 2.28. The van der Waals surface area contributed by atoms with Gasteiger partial charge in [-0.3, -0.25) is 14.3 Å². The third-order valence-corrected chi connectivity index (χ3v) is 9.59. The number of amides is 2. The Morgan fingerprint density at radius 3 is 2.31 bits per heavy atom. The first-order valence-corrected chi connectivity index (χ1v) is 18.0. The summed E-state index contributed by atoms with van der Waals surface area (Å²) in [6, 6.07) is 18.7. The van der Waals surface area contributed by atoms with Crippen molar-refractivity contribution in [2.75, 3.05) is 22.6 Å². The van der Waals surface area contributed by atoms with Crippen molar-refractivity contribution in [2.24, 2.45) is 7.05 Å². The van der Waals surface area contributed by atoms with Crippen LogP contribution < -0.4 is 20.3 Å². The molecule has 0 aliphatic rings. The number of benzene rings is 3. The van der Waals surface area contributed by atoms with Crippen LogP contribution in [0.5, 0.6) is 0 Å². The molecular formula is C37H42N8O6S. The zero-order valence-corrected chi connectivity index (χ0v) is 31.0. The summed E-state index contributed by atoms with van der Waals surface area (Å²) in [5, 5.41) is 11.4. The van der Waals surface area contributed by atoms with E-state index in [0.717, 1.165) is 22.3 Å². The number of ether oxygens (including phenoxy) is 1. The van der Waals surface area contributed by atoms with E-state index in [1.165, 1.54) is 6.07 Å². The smallest absolute Gasteiger partial charge is 0.338 e. The lowest BCUT2D eigenvalue weighted by Crippen LogP contribution is -2.31. The van der Waals surface area contributed by atoms with Gasteiger partial charge < -0.3 is 20.3 Å². The molecule has 0 bridgehead atoms. The summed E-state index contributed by atoms with van der Waals surface area (Å²) in [5.74, 6) is -0.741. The maximum atomic E-state index is 13.3. The molecule has 14 nitrogen and oxygen atoms in total. The first kappa shape index (κ1) is 37.4. The van der Waals surface area contributed by atoms with Gasteiger partial charge in [-0.05, 0) is 107 Å². The fraction of sp³-hybridized carbons (Fsp3) is 0.297. The minimum atomic E-state index is -4.24. The van der Waals surface area contributed by atoms with Crippen molar-refractivity contribution in [1.82, 2.24) is 24.5 Å². The maximum absolute atomic E-state index is 13.3. The van der Waals surface area contributed by atoms with Crippen molar-refractivity contribution in [3.63, 3.8) is 0 Å². The Balaban J connectivity index is 1.16. The zero-order chi connectivity index (χ0) is 37.8. The highest BCUT2D eigenvalue weighted by Gasteiger charge is 2.22. The molecule has 2 aromatic heterocycles. The van der Waals surface area contributed by atoms with Gasteiger partial charge >= 0.3 is 5.97 Å². The van der Waals surface area contributed by atoms with Crippen LogP contribution in [0.3, 0.4) is 0 Å². The number of hydrogen-bond donors (Lipinski definition) is 3. The molecule has 15 heteroatoms. The number of carbonyl (C=O) groups is 3. The van der Waals surface area contributed by atoms with Crippen LogP contribution in [-0.4, -0.2) is 58.6 Å². The van der Waals surface area contributed by atoms with E-state index in [1.54, 1.807) is 76.4 Å². The average molecular weight is 727 g/mol. The molecule has 3 N–H and O–H groups in total. The van der Waals surface area contributed by atoms with Crippen molar-refractivity contribution in [2.45, 2.75) is 64.4 Å². The molecule has 0 saturated heterocycles. The lowest BCUT2D eigenvalue weighted by Gasteiger charge is -2.19. The Hall–Kier alpha value is -5.83. The van der Waals surface area contributed by atoms with Gasteiger partial charge in [-0.1, -0.05) is 6.07 Å². The fourth-order valence-corrected chi connectivity index (χ4v) is 6.55. The number of fused-ring (bicyclic) bond motifs is 1. The van der Waals surface area contributed by atoms with Gasteiger partial charge in [0.15, 0.2) is 0 Å². The molecule has 272 valence electrons. The first-order chi connectivity index (χ1) is 24.5. The predicted molar refractivity (Wildman–Crippen MR) is 199 cm³/mol. The number of anilines is 5. The van der Waals surface area contributed by atoms with Crippen LogP contribution >= 0.6 is 0 Å². The molecule has 0 atom stereocenters. The number of nitrogens with zero attached hydrogens (tertiary/aromatic N) is 5. The van der Waals surface area contributed by atoms with Crippen LogP contribution in [0, 0.1) is 13.8 Å². The monoisotopic (exact) mass is 726 g/mol. The number of esters is 1. The molecular weight excluding hydrogens is 685 g/mol. The Morgan fingerprint density at radius 2 is 1.60 bits per heavy atom. The van der Waals surface area contributed by atoms with Gasteiger partial charge in [0.25, 0.3) is 10.0 Å². The molecule has 0 fully saturated rings. The first-order valence-electron chi connectivity index (χ1n) is 16.6. The molecule has 2 heterocycles. The van der Waals surface area contributed by atoms with Gasteiger partial charge in [0.2, 0.25) is 17.8 Å². The number of aryl methyl sites for hydroxylation is 3. The lowest BCUT2D eigenvalue weighted by molar-refractivity contribution is -0.119. The quantitative estimate of drug-likeness (QED) is 0.127. The molecule has 3 aromatic carbocycles. The van der Waals surface area contributed by atoms with Crippen molar-refractivity contribution in [1.29, 1.82) is 0 Å². The van der Waals surface area contributed by atoms with Gasteiger partial charge in [-0.2, -0.15) is 10.1 Å². The maximum Gasteiger partial charge on any atom is 0.338 e. The average Bonchev–Trinajstić information content (AvgIpc) is 3.36. The number of nitrogens with one attached hydrogen (secondary N) is 3. The summed E-state index contributed by atoms with van der Waals surface area (Å²) in [6.07, 6.45) is 1.49. The normalized spacial score (nSPS) is 11.6. The van der Waals surface area contributed by atoms with Crippen LogP contribution in [-0.2, 0) is 31.4 Å². The molecule has 0 saturated carbocycles. The third-order valence-electron chi connectivity index (χ3n) is 8.08. The fourth-order valence-electron chi connectivity index (χ4n) is 5.27. The van der Waals surface area contributed by atoms with E-state index < -0.39 is 27.5 Å². The summed E-state index contributed by atoms with van der Waals surface area (Å²) >= 11 is 0. The molecule has 0 unspecified atom stereocenters. The molecule has 52 heavy (non-hydrogen) atoms. The van der Waals surface area contributed by atoms with Crippen molar-refractivity contribution < 1.29 is 27.5 Å². The van der Waals surface area contributed by atoms with E-state index in [-0.39, 0.29) is 36.0 Å².